The molecule has 0 aliphatic rings. The molecule has 0 aliphatic carbocycles. The summed E-state index contributed by atoms with van der Waals surface area (Å²) in [6, 6.07) is 4.47. The second-order valence-electron chi connectivity index (χ2n) is 3.72. The Hall–Kier alpha value is -1.43. The van der Waals surface area contributed by atoms with E-state index in [2.05, 4.69) is 21.2 Å². The zero-order chi connectivity index (χ0) is 13.7. The maximum atomic E-state index is 13.7. The highest BCUT2D eigenvalue weighted by Gasteiger charge is 2.19. The zero-order valence-electron chi connectivity index (χ0n) is 10.2. The van der Waals surface area contributed by atoms with E-state index in [1.165, 1.54) is 24.1 Å². The lowest BCUT2D eigenvalue weighted by Gasteiger charge is -2.17. The lowest BCUT2D eigenvalue weighted by molar-refractivity contribution is -0.121. The van der Waals surface area contributed by atoms with Crippen molar-refractivity contribution in [3.05, 3.63) is 34.1 Å². The van der Waals surface area contributed by atoms with Gasteiger partial charge in [-0.2, -0.15) is 0 Å². The maximum absolute atomic E-state index is 13.7. The fourth-order valence-electron chi connectivity index (χ4n) is 1.41. The molecule has 0 bridgehead atoms. The van der Waals surface area contributed by atoms with Crippen molar-refractivity contribution in [2.24, 2.45) is 0 Å². The first-order valence-electron chi connectivity index (χ1n) is 5.43. The predicted octanol–water partition coefficient (Wildman–Crippen LogP) is 1.80. The van der Waals surface area contributed by atoms with Gasteiger partial charge in [0.05, 0.1) is 16.6 Å². The summed E-state index contributed by atoms with van der Waals surface area (Å²) in [5, 5.41) is 2.57. The number of carbonyl (C=O) groups is 2. The Bertz CT molecular complexity index is 465. The van der Waals surface area contributed by atoms with Crippen molar-refractivity contribution in [3.63, 3.8) is 0 Å². The molecular weight excluding hydrogens is 303 g/mol. The molecule has 1 aromatic rings. The predicted molar refractivity (Wildman–Crippen MR) is 69.7 cm³/mol. The minimum Gasteiger partial charge on any atom is -0.355 e. The minimum atomic E-state index is -0.620. The lowest BCUT2D eigenvalue weighted by Crippen LogP contribution is -2.38. The molecule has 6 heteroatoms. The first-order chi connectivity index (χ1) is 8.47. The van der Waals surface area contributed by atoms with Gasteiger partial charge in [0.15, 0.2) is 0 Å². The third-order valence-corrected chi connectivity index (χ3v) is 2.90. The van der Waals surface area contributed by atoms with Crippen LogP contribution in [0.5, 0.6) is 0 Å². The second kappa shape index (κ2) is 6.49. The molecule has 0 saturated heterocycles. The van der Waals surface area contributed by atoms with Crippen LogP contribution in [0.1, 0.15) is 17.3 Å². The van der Waals surface area contributed by atoms with E-state index < -0.39 is 11.7 Å². The first kappa shape index (κ1) is 14.6. The quantitative estimate of drug-likeness (QED) is 0.920. The molecular formula is C12H14BrFN2O2. The highest BCUT2D eigenvalue weighted by atomic mass is 79.9. The topological polar surface area (TPSA) is 49.4 Å². The van der Waals surface area contributed by atoms with Gasteiger partial charge >= 0.3 is 0 Å². The molecule has 0 radical (unpaired) electrons. The molecule has 1 N–H and O–H groups in total. The van der Waals surface area contributed by atoms with E-state index in [1.807, 2.05) is 0 Å². The van der Waals surface area contributed by atoms with Crippen molar-refractivity contribution in [1.29, 1.82) is 0 Å². The van der Waals surface area contributed by atoms with E-state index in [1.54, 1.807) is 13.0 Å². The van der Waals surface area contributed by atoms with Crippen LogP contribution in [0.3, 0.4) is 0 Å². The molecule has 0 heterocycles. The summed E-state index contributed by atoms with van der Waals surface area (Å²) < 4.78 is 13.9. The highest BCUT2D eigenvalue weighted by molar-refractivity contribution is 9.10. The van der Waals surface area contributed by atoms with E-state index in [0.717, 1.165) is 0 Å². The molecule has 1 aromatic carbocycles. The number of amides is 2. The summed E-state index contributed by atoms with van der Waals surface area (Å²) in [7, 11) is 1.46. The third kappa shape index (κ3) is 3.53. The summed E-state index contributed by atoms with van der Waals surface area (Å²) in [5.74, 6) is -1.42. The zero-order valence-corrected chi connectivity index (χ0v) is 11.8. The van der Waals surface area contributed by atoms with Crippen LogP contribution in [0, 0.1) is 5.82 Å². The average Bonchev–Trinajstić information content (AvgIpc) is 2.32. The number of hydrogen-bond acceptors (Lipinski definition) is 2. The third-order valence-electron chi connectivity index (χ3n) is 2.28. The Morgan fingerprint density at radius 3 is 2.72 bits per heavy atom. The van der Waals surface area contributed by atoms with Crippen LogP contribution in [0.25, 0.3) is 0 Å². The number of likely N-dealkylation sites (N-methyl/N-ethyl adjacent to an activating group) is 2. The summed E-state index contributed by atoms with van der Waals surface area (Å²) in [6.07, 6.45) is 0. The molecule has 4 nitrogen and oxygen atoms in total. The Morgan fingerprint density at radius 1 is 1.44 bits per heavy atom. The SMILES string of the molecule is CCNC(=O)CN(C)C(=O)c1cccc(Br)c1F. The van der Waals surface area contributed by atoms with Gasteiger partial charge in [-0.15, -0.1) is 0 Å². The Morgan fingerprint density at radius 2 is 2.11 bits per heavy atom. The largest absolute Gasteiger partial charge is 0.355 e. The average molecular weight is 317 g/mol. The Labute approximate surface area is 113 Å². The van der Waals surface area contributed by atoms with Crippen molar-refractivity contribution in [2.75, 3.05) is 20.1 Å². The van der Waals surface area contributed by atoms with Crippen LogP contribution in [0.4, 0.5) is 4.39 Å². The van der Waals surface area contributed by atoms with Gasteiger partial charge in [-0.25, -0.2) is 4.39 Å². The van der Waals surface area contributed by atoms with Gasteiger partial charge in [-0.3, -0.25) is 9.59 Å². The minimum absolute atomic E-state index is 0.0591. The van der Waals surface area contributed by atoms with Gasteiger partial charge in [0.2, 0.25) is 5.91 Å². The Balaban J connectivity index is 2.81. The number of rotatable bonds is 4. The van der Waals surface area contributed by atoms with Gasteiger partial charge in [0.1, 0.15) is 5.82 Å². The van der Waals surface area contributed by atoms with Crippen LogP contribution in [0.15, 0.2) is 22.7 Å². The summed E-state index contributed by atoms with van der Waals surface area (Å²) in [6.45, 7) is 2.18. The fourth-order valence-corrected chi connectivity index (χ4v) is 1.78. The number of carbonyl (C=O) groups excluding carboxylic acids is 2. The summed E-state index contributed by atoms with van der Waals surface area (Å²) in [5.41, 5.74) is -0.0591. The molecule has 98 valence electrons. The molecule has 0 unspecified atom stereocenters. The van der Waals surface area contributed by atoms with Crippen LogP contribution >= 0.6 is 15.9 Å². The van der Waals surface area contributed by atoms with Crippen molar-refractivity contribution in [2.45, 2.75) is 6.92 Å². The normalized spacial score (nSPS) is 10.0. The Kier molecular flexibility index (Phi) is 5.27. The van der Waals surface area contributed by atoms with E-state index in [9.17, 15) is 14.0 Å². The van der Waals surface area contributed by atoms with Crippen LogP contribution in [-0.4, -0.2) is 36.9 Å². The van der Waals surface area contributed by atoms with Crippen molar-refractivity contribution < 1.29 is 14.0 Å². The monoisotopic (exact) mass is 316 g/mol. The molecule has 0 aromatic heterocycles. The molecule has 2 amide bonds. The first-order valence-corrected chi connectivity index (χ1v) is 6.22. The standard InChI is InChI=1S/C12H14BrFN2O2/c1-3-15-10(17)7-16(2)12(18)8-5-4-6-9(13)11(8)14/h4-6H,3,7H2,1-2H3,(H,15,17). The number of nitrogens with zero attached hydrogens (tertiary/aromatic N) is 1. The lowest BCUT2D eigenvalue weighted by atomic mass is 10.2. The highest BCUT2D eigenvalue weighted by Crippen LogP contribution is 2.19. The van der Waals surface area contributed by atoms with Gasteiger partial charge in [-0.05, 0) is 35.0 Å². The molecule has 0 atom stereocenters. The second-order valence-corrected chi connectivity index (χ2v) is 4.57. The van der Waals surface area contributed by atoms with Crippen LogP contribution in [0.2, 0.25) is 0 Å². The van der Waals surface area contributed by atoms with Crippen molar-refractivity contribution in [1.82, 2.24) is 10.2 Å². The summed E-state index contributed by atoms with van der Waals surface area (Å²) in [4.78, 5) is 24.5. The summed E-state index contributed by atoms with van der Waals surface area (Å²) >= 11 is 3.01. The van der Waals surface area contributed by atoms with Crippen LogP contribution in [-0.2, 0) is 4.79 Å². The molecule has 18 heavy (non-hydrogen) atoms. The van der Waals surface area contributed by atoms with E-state index in [4.69, 9.17) is 0 Å². The van der Waals surface area contributed by atoms with Crippen LogP contribution < -0.4 is 5.32 Å². The number of hydrogen-bond donors (Lipinski definition) is 1. The fraction of sp³-hybridized carbons (Fsp3) is 0.333. The maximum Gasteiger partial charge on any atom is 0.257 e. The van der Waals surface area contributed by atoms with Gasteiger partial charge in [-0.1, -0.05) is 6.07 Å². The van der Waals surface area contributed by atoms with Crippen molar-refractivity contribution >= 4 is 27.7 Å². The van der Waals surface area contributed by atoms with Gasteiger partial charge in [0, 0.05) is 13.6 Å². The van der Waals surface area contributed by atoms with Crippen molar-refractivity contribution in [3.8, 4) is 0 Å². The number of nitrogens with one attached hydrogen (secondary N) is 1. The van der Waals surface area contributed by atoms with E-state index in [-0.39, 0.29) is 22.5 Å². The molecule has 0 aliphatic heterocycles. The number of halogens is 2. The molecule has 0 spiro atoms. The van der Waals surface area contributed by atoms with E-state index >= 15 is 0 Å². The number of benzene rings is 1. The van der Waals surface area contributed by atoms with E-state index in [0.29, 0.717) is 6.54 Å². The molecule has 0 fully saturated rings. The van der Waals surface area contributed by atoms with Gasteiger partial charge < -0.3 is 10.2 Å². The molecule has 0 saturated carbocycles. The molecule has 1 rings (SSSR count). The smallest absolute Gasteiger partial charge is 0.257 e. The van der Waals surface area contributed by atoms with Gasteiger partial charge in [0.25, 0.3) is 5.91 Å².